The molecule has 1 aliphatic carbocycles. The van der Waals surface area contributed by atoms with Gasteiger partial charge in [-0.15, -0.1) is 0 Å². The van der Waals surface area contributed by atoms with Gasteiger partial charge in [0.2, 0.25) is 0 Å². The Morgan fingerprint density at radius 1 is 1.47 bits per heavy atom. The fourth-order valence-corrected chi connectivity index (χ4v) is 2.00. The minimum absolute atomic E-state index is 0.0623. The van der Waals surface area contributed by atoms with Crippen LogP contribution in [0, 0.1) is 11.8 Å². The number of carbonyl (C=O) groups excluding carboxylic acids is 2. The number of aliphatic hydroxyl groups is 1. The highest BCUT2D eigenvalue weighted by Crippen LogP contribution is 2.31. The summed E-state index contributed by atoms with van der Waals surface area (Å²) in [5.74, 6) is 0.0503. The number of carbonyl (C=O) groups is 2. The highest BCUT2D eigenvalue weighted by molar-refractivity contribution is 5.96. The number of ether oxygens (including phenoxy) is 1. The van der Waals surface area contributed by atoms with E-state index >= 15 is 0 Å². The SMILES string of the molecule is CC(C)C[C@H](NC(=O)OC(C)(C)C)C(O)C1CC1=O. The van der Waals surface area contributed by atoms with Crippen molar-refractivity contribution in [3.63, 3.8) is 0 Å². The summed E-state index contributed by atoms with van der Waals surface area (Å²) in [5, 5.41) is 12.8. The number of nitrogens with one attached hydrogen (secondary N) is 1. The van der Waals surface area contributed by atoms with Crippen molar-refractivity contribution >= 4 is 11.9 Å². The van der Waals surface area contributed by atoms with Gasteiger partial charge in [-0.1, -0.05) is 13.8 Å². The van der Waals surface area contributed by atoms with Gasteiger partial charge in [0, 0.05) is 6.42 Å². The first-order chi connectivity index (χ1) is 8.60. The van der Waals surface area contributed by atoms with Crippen LogP contribution in [0.5, 0.6) is 0 Å². The molecule has 5 heteroatoms. The summed E-state index contributed by atoms with van der Waals surface area (Å²) >= 11 is 0. The van der Waals surface area contributed by atoms with Crippen LogP contribution in [0.1, 0.15) is 47.5 Å². The smallest absolute Gasteiger partial charge is 0.407 e. The molecule has 19 heavy (non-hydrogen) atoms. The number of hydrogen-bond acceptors (Lipinski definition) is 4. The molecule has 1 amide bonds. The third-order valence-corrected chi connectivity index (χ3v) is 2.93. The summed E-state index contributed by atoms with van der Waals surface area (Å²) in [6.07, 6.45) is -0.344. The number of aliphatic hydroxyl groups excluding tert-OH is 1. The lowest BCUT2D eigenvalue weighted by Crippen LogP contribution is -2.47. The zero-order chi connectivity index (χ0) is 14.8. The van der Waals surface area contributed by atoms with E-state index in [0.29, 0.717) is 18.8 Å². The van der Waals surface area contributed by atoms with Crippen LogP contribution in [0.15, 0.2) is 0 Å². The van der Waals surface area contributed by atoms with Crippen molar-refractivity contribution in [3.05, 3.63) is 0 Å². The standard InChI is InChI=1S/C14H25NO4/c1-8(2)6-10(12(17)9-7-11(9)16)15-13(18)19-14(3,4)5/h8-10,12,17H,6-7H2,1-5H3,(H,15,18)/t9?,10-,12?/m0/s1. The van der Waals surface area contributed by atoms with Crippen LogP contribution in [-0.2, 0) is 9.53 Å². The Balaban J connectivity index is 2.59. The molecule has 110 valence electrons. The molecule has 2 unspecified atom stereocenters. The van der Waals surface area contributed by atoms with E-state index in [1.165, 1.54) is 0 Å². The average Bonchev–Trinajstić information content (AvgIpc) is 2.89. The van der Waals surface area contributed by atoms with E-state index in [1.807, 2.05) is 13.8 Å². The third-order valence-electron chi connectivity index (χ3n) is 2.93. The monoisotopic (exact) mass is 271 g/mol. The van der Waals surface area contributed by atoms with Crippen molar-refractivity contribution in [1.29, 1.82) is 0 Å². The van der Waals surface area contributed by atoms with Gasteiger partial charge < -0.3 is 15.2 Å². The van der Waals surface area contributed by atoms with Crippen LogP contribution < -0.4 is 5.32 Å². The number of amides is 1. The highest BCUT2D eigenvalue weighted by atomic mass is 16.6. The molecular formula is C14H25NO4. The first kappa shape index (κ1) is 16.0. The van der Waals surface area contributed by atoms with Crippen LogP contribution in [-0.4, -0.2) is 34.7 Å². The van der Waals surface area contributed by atoms with Gasteiger partial charge in [-0.25, -0.2) is 4.79 Å². The van der Waals surface area contributed by atoms with E-state index in [4.69, 9.17) is 4.74 Å². The molecule has 0 saturated heterocycles. The lowest BCUT2D eigenvalue weighted by atomic mass is 9.96. The summed E-state index contributed by atoms with van der Waals surface area (Å²) in [4.78, 5) is 22.9. The van der Waals surface area contributed by atoms with Crippen LogP contribution in [0.2, 0.25) is 0 Å². The highest BCUT2D eigenvalue weighted by Gasteiger charge is 2.44. The second kappa shape index (κ2) is 5.90. The van der Waals surface area contributed by atoms with Gasteiger partial charge in [0.15, 0.2) is 0 Å². The van der Waals surface area contributed by atoms with Crippen molar-refractivity contribution in [2.24, 2.45) is 11.8 Å². The number of rotatable bonds is 5. The molecule has 1 fully saturated rings. The minimum Gasteiger partial charge on any atom is -0.444 e. The molecule has 1 rings (SSSR count). The fraction of sp³-hybridized carbons (Fsp3) is 0.857. The van der Waals surface area contributed by atoms with Gasteiger partial charge in [0.25, 0.3) is 0 Å². The van der Waals surface area contributed by atoms with Gasteiger partial charge in [-0.2, -0.15) is 0 Å². The Kier molecular flexibility index (Phi) is 4.96. The molecule has 0 aromatic heterocycles. The quantitative estimate of drug-likeness (QED) is 0.800. The average molecular weight is 271 g/mol. The Hall–Kier alpha value is -1.10. The van der Waals surface area contributed by atoms with Crippen molar-refractivity contribution in [2.75, 3.05) is 0 Å². The van der Waals surface area contributed by atoms with Crippen LogP contribution in [0.25, 0.3) is 0 Å². The molecule has 0 aliphatic heterocycles. The molecule has 0 aromatic carbocycles. The summed E-state index contributed by atoms with van der Waals surface area (Å²) in [7, 11) is 0. The number of Topliss-reactive ketones (excluding diaryl/α,β-unsaturated/α-hetero) is 1. The molecule has 0 aromatic rings. The summed E-state index contributed by atoms with van der Waals surface area (Å²) in [6, 6.07) is -0.439. The molecule has 5 nitrogen and oxygen atoms in total. The molecule has 2 N–H and O–H groups in total. The summed E-state index contributed by atoms with van der Waals surface area (Å²) < 4.78 is 5.18. The molecular weight excluding hydrogens is 246 g/mol. The van der Waals surface area contributed by atoms with E-state index < -0.39 is 23.8 Å². The first-order valence-electron chi connectivity index (χ1n) is 6.80. The maximum absolute atomic E-state index is 11.8. The van der Waals surface area contributed by atoms with E-state index in [9.17, 15) is 14.7 Å². The zero-order valence-electron chi connectivity index (χ0n) is 12.4. The second-order valence-corrected chi connectivity index (χ2v) is 6.65. The predicted octanol–water partition coefficient (Wildman–Crippen LogP) is 1.88. The first-order valence-corrected chi connectivity index (χ1v) is 6.80. The van der Waals surface area contributed by atoms with E-state index in [0.717, 1.165) is 0 Å². The number of ketones is 1. The summed E-state index contributed by atoms with van der Waals surface area (Å²) in [6.45, 7) is 9.36. The molecule has 0 bridgehead atoms. The lowest BCUT2D eigenvalue weighted by Gasteiger charge is -2.27. The molecule has 1 saturated carbocycles. The molecule has 0 radical (unpaired) electrons. The normalized spacial score (nSPS) is 22.1. The maximum Gasteiger partial charge on any atom is 0.407 e. The van der Waals surface area contributed by atoms with Crippen molar-refractivity contribution in [1.82, 2.24) is 5.32 Å². The fourth-order valence-electron chi connectivity index (χ4n) is 2.00. The summed E-state index contributed by atoms with van der Waals surface area (Å²) in [5.41, 5.74) is -0.577. The zero-order valence-corrected chi connectivity index (χ0v) is 12.4. The van der Waals surface area contributed by atoms with Crippen molar-refractivity contribution in [2.45, 2.75) is 65.2 Å². The maximum atomic E-state index is 11.8. The van der Waals surface area contributed by atoms with Gasteiger partial charge in [-0.3, -0.25) is 4.79 Å². The second-order valence-electron chi connectivity index (χ2n) is 6.65. The molecule has 3 atom stereocenters. The Morgan fingerprint density at radius 3 is 2.37 bits per heavy atom. The minimum atomic E-state index is -0.817. The third kappa shape index (κ3) is 5.59. The van der Waals surface area contributed by atoms with Gasteiger partial charge >= 0.3 is 6.09 Å². The predicted molar refractivity (Wildman–Crippen MR) is 71.7 cm³/mol. The van der Waals surface area contributed by atoms with Gasteiger partial charge in [-0.05, 0) is 33.1 Å². The van der Waals surface area contributed by atoms with Crippen LogP contribution >= 0.6 is 0 Å². The van der Waals surface area contributed by atoms with E-state index in [2.05, 4.69) is 5.32 Å². The Labute approximate surface area is 114 Å². The molecule has 1 aliphatic rings. The van der Waals surface area contributed by atoms with Crippen LogP contribution in [0.4, 0.5) is 4.79 Å². The number of alkyl carbamates (subject to hydrolysis) is 1. The van der Waals surface area contributed by atoms with Gasteiger partial charge in [0.1, 0.15) is 11.4 Å². The largest absolute Gasteiger partial charge is 0.444 e. The lowest BCUT2D eigenvalue weighted by molar-refractivity contribution is -0.112. The van der Waals surface area contributed by atoms with Crippen LogP contribution in [0.3, 0.4) is 0 Å². The number of hydrogen-bond donors (Lipinski definition) is 2. The molecule has 0 spiro atoms. The van der Waals surface area contributed by atoms with E-state index in [-0.39, 0.29) is 11.7 Å². The van der Waals surface area contributed by atoms with Crippen molar-refractivity contribution < 1.29 is 19.4 Å². The van der Waals surface area contributed by atoms with Gasteiger partial charge in [0.05, 0.1) is 18.1 Å². The Morgan fingerprint density at radius 2 is 2.00 bits per heavy atom. The van der Waals surface area contributed by atoms with E-state index in [1.54, 1.807) is 20.8 Å². The van der Waals surface area contributed by atoms with Crippen molar-refractivity contribution in [3.8, 4) is 0 Å². The Bertz CT molecular complexity index is 346. The molecule has 0 heterocycles. The topological polar surface area (TPSA) is 75.6 Å².